The SMILES string of the molecule is CCCSC(=O)N(C)CC(=O)OC(C)(C)C. The number of ether oxygens (including phenoxy) is 1. The van der Waals surface area contributed by atoms with Crippen LogP contribution in [0.2, 0.25) is 0 Å². The summed E-state index contributed by atoms with van der Waals surface area (Å²) >= 11 is 1.22. The van der Waals surface area contributed by atoms with E-state index < -0.39 is 5.60 Å². The molecule has 0 spiro atoms. The van der Waals surface area contributed by atoms with Crippen LogP contribution in [-0.4, -0.2) is 41.1 Å². The van der Waals surface area contributed by atoms with Crippen molar-refractivity contribution in [3.63, 3.8) is 0 Å². The van der Waals surface area contributed by atoms with E-state index >= 15 is 0 Å². The predicted molar refractivity (Wildman–Crippen MR) is 66.6 cm³/mol. The number of hydrogen-bond donors (Lipinski definition) is 0. The lowest BCUT2D eigenvalue weighted by Gasteiger charge is -2.22. The van der Waals surface area contributed by atoms with Gasteiger partial charge < -0.3 is 9.64 Å². The van der Waals surface area contributed by atoms with Gasteiger partial charge in [0, 0.05) is 12.8 Å². The number of carbonyl (C=O) groups is 2. The van der Waals surface area contributed by atoms with Crippen LogP contribution >= 0.6 is 11.8 Å². The van der Waals surface area contributed by atoms with Gasteiger partial charge in [-0.3, -0.25) is 9.59 Å². The van der Waals surface area contributed by atoms with Crippen LogP contribution < -0.4 is 0 Å². The summed E-state index contributed by atoms with van der Waals surface area (Å²) in [6.45, 7) is 7.43. The van der Waals surface area contributed by atoms with Crippen molar-refractivity contribution >= 4 is 23.0 Å². The molecule has 16 heavy (non-hydrogen) atoms. The van der Waals surface area contributed by atoms with Crippen molar-refractivity contribution in [3.05, 3.63) is 0 Å². The summed E-state index contributed by atoms with van der Waals surface area (Å²) in [5, 5.41) is -0.0901. The van der Waals surface area contributed by atoms with Crippen molar-refractivity contribution in [3.8, 4) is 0 Å². The topological polar surface area (TPSA) is 46.6 Å². The first-order valence-corrected chi connectivity index (χ1v) is 6.34. The van der Waals surface area contributed by atoms with Gasteiger partial charge in [0.25, 0.3) is 5.24 Å². The van der Waals surface area contributed by atoms with Crippen molar-refractivity contribution in [1.82, 2.24) is 4.90 Å². The number of nitrogens with zero attached hydrogens (tertiary/aromatic N) is 1. The Labute approximate surface area is 102 Å². The van der Waals surface area contributed by atoms with E-state index in [9.17, 15) is 9.59 Å². The first-order valence-electron chi connectivity index (χ1n) is 5.36. The molecule has 0 radical (unpaired) electrons. The summed E-state index contributed by atoms with van der Waals surface area (Å²) in [7, 11) is 1.61. The number of esters is 1. The molecule has 0 aromatic carbocycles. The zero-order chi connectivity index (χ0) is 12.8. The average Bonchev–Trinajstić information content (AvgIpc) is 2.10. The molecule has 0 saturated carbocycles. The Morgan fingerprint density at radius 3 is 2.31 bits per heavy atom. The molecule has 0 N–H and O–H groups in total. The van der Waals surface area contributed by atoms with Crippen LogP contribution in [0.15, 0.2) is 0 Å². The Morgan fingerprint density at radius 1 is 1.31 bits per heavy atom. The second-order valence-electron chi connectivity index (χ2n) is 4.56. The highest BCUT2D eigenvalue weighted by atomic mass is 32.2. The number of amides is 1. The van der Waals surface area contributed by atoms with Crippen molar-refractivity contribution < 1.29 is 14.3 Å². The lowest BCUT2D eigenvalue weighted by molar-refractivity contribution is -0.155. The minimum absolute atomic E-state index is 0.00676. The molecule has 0 aromatic rings. The van der Waals surface area contributed by atoms with Crippen molar-refractivity contribution in [2.24, 2.45) is 0 Å². The van der Waals surface area contributed by atoms with Crippen LogP contribution in [-0.2, 0) is 9.53 Å². The molecule has 0 unspecified atom stereocenters. The monoisotopic (exact) mass is 247 g/mol. The Hall–Kier alpha value is -0.710. The first-order chi connectivity index (χ1) is 7.26. The van der Waals surface area contributed by atoms with Gasteiger partial charge in [-0.2, -0.15) is 0 Å². The first kappa shape index (κ1) is 15.3. The Morgan fingerprint density at radius 2 is 1.88 bits per heavy atom. The molecule has 0 aliphatic heterocycles. The van der Waals surface area contributed by atoms with Crippen LogP contribution in [0.1, 0.15) is 34.1 Å². The van der Waals surface area contributed by atoms with Gasteiger partial charge in [0.2, 0.25) is 0 Å². The number of thioether (sulfide) groups is 1. The van der Waals surface area contributed by atoms with Crippen molar-refractivity contribution in [1.29, 1.82) is 0 Å². The van der Waals surface area contributed by atoms with Crippen LogP contribution in [0.5, 0.6) is 0 Å². The predicted octanol–water partition coefficient (Wildman–Crippen LogP) is 2.52. The summed E-state index contributed by atoms with van der Waals surface area (Å²) in [6.07, 6.45) is 0.941. The van der Waals surface area contributed by atoms with Crippen LogP contribution in [0.3, 0.4) is 0 Å². The molecule has 0 atom stereocenters. The molecule has 0 rings (SSSR count). The van der Waals surface area contributed by atoms with E-state index in [1.165, 1.54) is 16.7 Å². The molecule has 0 fully saturated rings. The normalized spacial score (nSPS) is 11.1. The molecule has 1 amide bonds. The summed E-state index contributed by atoms with van der Waals surface area (Å²) in [6, 6.07) is 0. The fraction of sp³-hybridized carbons (Fsp3) is 0.818. The third-order valence-electron chi connectivity index (χ3n) is 1.53. The maximum Gasteiger partial charge on any atom is 0.326 e. The Balaban J connectivity index is 3.99. The third kappa shape index (κ3) is 7.56. The van der Waals surface area contributed by atoms with E-state index in [4.69, 9.17) is 4.74 Å². The van der Waals surface area contributed by atoms with Crippen molar-refractivity contribution in [2.45, 2.75) is 39.7 Å². The zero-order valence-corrected chi connectivity index (χ0v) is 11.5. The lowest BCUT2D eigenvalue weighted by Crippen LogP contribution is -2.34. The molecule has 0 aliphatic carbocycles. The molecule has 0 aromatic heterocycles. The van der Waals surface area contributed by atoms with E-state index in [-0.39, 0.29) is 17.8 Å². The number of hydrogen-bond acceptors (Lipinski definition) is 4. The van der Waals surface area contributed by atoms with Gasteiger partial charge in [-0.1, -0.05) is 18.7 Å². The number of likely N-dealkylation sites (N-methyl/N-ethyl adjacent to an activating group) is 1. The molecule has 4 nitrogen and oxygen atoms in total. The van der Waals surface area contributed by atoms with Crippen LogP contribution in [0.25, 0.3) is 0 Å². The quantitative estimate of drug-likeness (QED) is 0.716. The van der Waals surface area contributed by atoms with Gasteiger partial charge in [0.15, 0.2) is 0 Å². The summed E-state index contributed by atoms with van der Waals surface area (Å²) in [5.74, 6) is 0.401. The Kier molecular flexibility index (Phi) is 6.48. The van der Waals surface area contributed by atoms with E-state index in [1.807, 2.05) is 6.92 Å². The molecule has 0 aliphatic rings. The van der Waals surface area contributed by atoms with E-state index in [2.05, 4.69) is 0 Å². The van der Waals surface area contributed by atoms with E-state index in [1.54, 1.807) is 27.8 Å². The molecule has 94 valence electrons. The zero-order valence-electron chi connectivity index (χ0n) is 10.7. The fourth-order valence-corrected chi connectivity index (χ4v) is 1.60. The number of carbonyl (C=O) groups excluding carboxylic acids is 2. The largest absolute Gasteiger partial charge is 0.459 e. The van der Waals surface area contributed by atoms with Gasteiger partial charge in [0.1, 0.15) is 12.1 Å². The lowest BCUT2D eigenvalue weighted by atomic mass is 10.2. The average molecular weight is 247 g/mol. The second-order valence-corrected chi connectivity index (χ2v) is 5.60. The second kappa shape index (κ2) is 6.78. The molecular formula is C11H21NO3S. The highest BCUT2D eigenvalue weighted by Crippen LogP contribution is 2.10. The van der Waals surface area contributed by atoms with Crippen LogP contribution in [0.4, 0.5) is 4.79 Å². The number of rotatable bonds is 4. The van der Waals surface area contributed by atoms with Crippen LogP contribution in [0, 0.1) is 0 Å². The summed E-state index contributed by atoms with van der Waals surface area (Å²) in [5.41, 5.74) is -0.502. The molecular weight excluding hydrogens is 226 g/mol. The molecule has 0 saturated heterocycles. The van der Waals surface area contributed by atoms with Gasteiger partial charge >= 0.3 is 5.97 Å². The minimum atomic E-state index is -0.502. The molecule has 0 heterocycles. The highest BCUT2D eigenvalue weighted by Gasteiger charge is 2.19. The van der Waals surface area contributed by atoms with Crippen molar-refractivity contribution in [2.75, 3.05) is 19.3 Å². The maximum absolute atomic E-state index is 11.5. The fourth-order valence-electron chi connectivity index (χ4n) is 0.932. The van der Waals surface area contributed by atoms with E-state index in [0.29, 0.717) is 0 Å². The van der Waals surface area contributed by atoms with Gasteiger partial charge in [-0.05, 0) is 27.2 Å². The molecule has 0 bridgehead atoms. The van der Waals surface area contributed by atoms with Gasteiger partial charge in [-0.25, -0.2) is 0 Å². The highest BCUT2D eigenvalue weighted by molar-refractivity contribution is 8.13. The van der Waals surface area contributed by atoms with Gasteiger partial charge in [-0.15, -0.1) is 0 Å². The maximum atomic E-state index is 11.5. The third-order valence-corrected chi connectivity index (χ3v) is 2.70. The van der Waals surface area contributed by atoms with Gasteiger partial charge in [0.05, 0.1) is 0 Å². The molecule has 5 heteroatoms. The summed E-state index contributed by atoms with van der Waals surface area (Å²) in [4.78, 5) is 24.3. The standard InChI is InChI=1S/C11H21NO3S/c1-6-7-16-10(14)12(5)8-9(13)15-11(2,3)4/h6-8H2,1-5H3. The smallest absolute Gasteiger partial charge is 0.326 e. The Bertz CT molecular complexity index is 248. The summed E-state index contributed by atoms with van der Waals surface area (Å²) < 4.78 is 5.12. The van der Waals surface area contributed by atoms with E-state index in [0.717, 1.165) is 12.2 Å². The minimum Gasteiger partial charge on any atom is -0.459 e.